The Labute approximate surface area is 199 Å². The topological polar surface area (TPSA) is 127 Å². The average Bonchev–Trinajstić information content (AvgIpc) is 3.32. The molecule has 11 heteroatoms. The van der Waals surface area contributed by atoms with Crippen molar-refractivity contribution in [2.45, 2.75) is 13.5 Å². The Kier molecular flexibility index (Phi) is 7.05. The Hall–Kier alpha value is -4.67. The van der Waals surface area contributed by atoms with Crippen LogP contribution in [0.4, 0.5) is 20.7 Å². The van der Waals surface area contributed by atoms with Crippen LogP contribution in [0.3, 0.4) is 0 Å². The summed E-state index contributed by atoms with van der Waals surface area (Å²) in [5.74, 6) is -0.889. The molecule has 2 aromatic carbocycles. The van der Waals surface area contributed by atoms with E-state index >= 15 is 0 Å². The number of anilines is 2. The number of H-pyrrole nitrogens is 1. The molecule has 0 atom stereocenters. The first-order chi connectivity index (χ1) is 17.0. The molecule has 0 saturated heterocycles. The minimum atomic E-state index is -0.776. The molecule has 4 aromatic rings. The van der Waals surface area contributed by atoms with Gasteiger partial charge in [0.1, 0.15) is 12.3 Å². The Bertz CT molecular complexity index is 1370. The van der Waals surface area contributed by atoms with Gasteiger partial charge < -0.3 is 19.5 Å². The van der Waals surface area contributed by atoms with Crippen LogP contribution in [0.25, 0.3) is 10.8 Å². The largest absolute Gasteiger partial charge is 0.493 e. The van der Waals surface area contributed by atoms with Gasteiger partial charge in [0.2, 0.25) is 0 Å². The molecule has 2 heterocycles. The van der Waals surface area contributed by atoms with E-state index in [1.165, 1.54) is 19.2 Å². The first-order valence-corrected chi connectivity index (χ1v) is 10.6. The van der Waals surface area contributed by atoms with Crippen molar-refractivity contribution < 1.29 is 28.2 Å². The fourth-order valence-corrected chi connectivity index (χ4v) is 3.33. The minimum Gasteiger partial charge on any atom is -0.493 e. The molecule has 2 amide bonds. The smallest absolute Gasteiger partial charge is 0.356 e. The summed E-state index contributed by atoms with van der Waals surface area (Å²) in [6.45, 7) is 2.03. The normalized spacial score (nSPS) is 10.6. The number of esters is 1. The number of nitrogens with one attached hydrogen (secondary N) is 3. The van der Waals surface area contributed by atoms with Gasteiger partial charge >= 0.3 is 12.0 Å². The molecule has 4 rings (SSSR count). The molecule has 0 radical (unpaired) electrons. The maximum absolute atomic E-state index is 14.6. The van der Waals surface area contributed by atoms with Gasteiger partial charge in [-0.15, -0.1) is 0 Å². The first-order valence-electron chi connectivity index (χ1n) is 10.6. The van der Waals surface area contributed by atoms with Crippen molar-refractivity contribution >= 4 is 34.3 Å². The van der Waals surface area contributed by atoms with Gasteiger partial charge in [0.15, 0.2) is 23.1 Å². The van der Waals surface area contributed by atoms with Crippen LogP contribution >= 0.6 is 0 Å². The predicted molar refractivity (Wildman–Crippen MR) is 126 cm³/mol. The number of carbonyl (C=O) groups is 2. The lowest BCUT2D eigenvalue weighted by molar-refractivity contribution is 0.0519. The van der Waals surface area contributed by atoms with E-state index in [4.69, 9.17) is 14.2 Å². The highest BCUT2D eigenvalue weighted by Crippen LogP contribution is 2.34. The Balaban J connectivity index is 1.48. The summed E-state index contributed by atoms with van der Waals surface area (Å²) in [6.07, 6.45) is 3.45. The van der Waals surface area contributed by atoms with Crippen molar-refractivity contribution in [2.75, 3.05) is 24.4 Å². The number of rotatable bonds is 8. The number of pyridine rings is 1. The number of ether oxygens (including phenoxy) is 3. The van der Waals surface area contributed by atoms with E-state index in [9.17, 15) is 14.0 Å². The molecule has 2 aromatic heterocycles. The summed E-state index contributed by atoms with van der Waals surface area (Å²) in [7, 11) is 1.39. The zero-order valence-electron chi connectivity index (χ0n) is 18.9. The van der Waals surface area contributed by atoms with Gasteiger partial charge in [-0.05, 0) is 23.9 Å². The third-order valence-corrected chi connectivity index (χ3v) is 4.97. The number of aromatic amines is 1. The molecule has 0 aliphatic rings. The second-order valence-corrected chi connectivity index (χ2v) is 7.25. The molecule has 0 aliphatic carbocycles. The van der Waals surface area contributed by atoms with Gasteiger partial charge in [-0.2, -0.15) is 5.10 Å². The van der Waals surface area contributed by atoms with Crippen LogP contribution < -0.4 is 20.1 Å². The number of urea groups is 1. The number of aromatic nitrogens is 3. The summed E-state index contributed by atoms with van der Waals surface area (Å²) in [5, 5.41) is 13.0. The zero-order chi connectivity index (χ0) is 24.8. The van der Waals surface area contributed by atoms with Crippen molar-refractivity contribution in [2.24, 2.45) is 0 Å². The number of carbonyl (C=O) groups excluding carboxylic acids is 2. The molecule has 180 valence electrons. The van der Waals surface area contributed by atoms with E-state index in [1.54, 1.807) is 19.3 Å². The maximum Gasteiger partial charge on any atom is 0.356 e. The highest BCUT2D eigenvalue weighted by molar-refractivity contribution is 6.00. The van der Waals surface area contributed by atoms with Crippen molar-refractivity contribution in [1.82, 2.24) is 15.2 Å². The SMILES string of the molecule is CCOC(=O)c1cc(NC(=O)Nc2cc(OCc3cccc4ccncc34)c(OC)cc2F)n[nH]1. The standard InChI is InChI=1S/C24H22FN5O5/c1-3-34-23(31)19-11-22(30-29-19)28-24(32)27-18-10-21(20(33-2)9-17(18)25)35-13-15-6-4-5-14-7-8-26-12-16(14)15/h4-12H,3,13H2,1-2H3,(H3,27,28,29,30,32). The highest BCUT2D eigenvalue weighted by atomic mass is 19.1. The van der Waals surface area contributed by atoms with Gasteiger partial charge in [-0.3, -0.25) is 15.4 Å². The number of hydrogen-bond acceptors (Lipinski definition) is 7. The lowest BCUT2D eigenvalue weighted by atomic mass is 10.1. The van der Waals surface area contributed by atoms with Gasteiger partial charge in [0.05, 0.1) is 19.4 Å². The number of hydrogen-bond donors (Lipinski definition) is 3. The van der Waals surface area contributed by atoms with Crippen molar-refractivity contribution in [1.29, 1.82) is 0 Å². The molecular weight excluding hydrogens is 457 g/mol. The Morgan fingerprint density at radius 3 is 2.77 bits per heavy atom. The molecule has 0 aliphatic heterocycles. The van der Waals surface area contributed by atoms with Crippen LogP contribution in [0.5, 0.6) is 11.5 Å². The molecule has 0 bridgehead atoms. The van der Waals surface area contributed by atoms with Crippen LogP contribution in [0.1, 0.15) is 23.0 Å². The van der Waals surface area contributed by atoms with E-state index in [-0.39, 0.29) is 41.9 Å². The van der Waals surface area contributed by atoms with Gasteiger partial charge in [0, 0.05) is 36.0 Å². The quantitative estimate of drug-likeness (QED) is 0.317. The van der Waals surface area contributed by atoms with Gasteiger partial charge in [-0.25, -0.2) is 14.0 Å². The molecule has 0 spiro atoms. The number of fused-ring (bicyclic) bond motifs is 1. The van der Waals surface area contributed by atoms with Crippen LogP contribution in [-0.2, 0) is 11.3 Å². The lowest BCUT2D eigenvalue weighted by Gasteiger charge is -2.15. The van der Waals surface area contributed by atoms with Crippen LogP contribution in [-0.4, -0.2) is 40.9 Å². The van der Waals surface area contributed by atoms with E-state index in [0.717, 1.165) is 22.4 Å². The fourth-order valence-electron chi connectivity index (χ4n) is 3.33. The first kappa shape index (κ1) is 23.5. The third kappa shape index (κ3) is 5.46. The number of nitrogens with zero attached hydrogens (tertiary/aromatic N) is 2. The molecule has 0 unspecified atom stereocenters. The van der Waals surface area contributed by atoms with Gasteiger partial charge in [0.25, 0.3) is 0 Å². The maximum atomic E-state index is 14.6. The second kappa shape index (κ2) is 10.5. The fraction of sp³-hybridized carbons (Fsp3) is 0.167. The van der Waals surface area contributed by atoms with E-state index in [2.05, 4.69) is 25.8 Å². The number of amides is 2. The molecule has 0 fully saturated rings. The van der Waals surface area contributed by atoms with Crippen LogP contribution in [0.2, 0.25) is 0 Å². The lowest BCUT2D eigenvalue weighted by Crippen LogP contribution is -2.20. The number of benzene rings is 2. The highest BCUT2D eigenvalue weighted by Gasteiger charge is 2.16. The average molecular weight is 479 g/mol. The van der Waals surface area contributed by atoms with E-state index in [1.807, 2.05) is 24.3 Å². The molecule has 3 N–H and O–H groups in total. The van der Waals surface area contributed by atoms with Crippen LogP contribution in [0.15, 0.2) is 54.9 Å². The van der Waals surface area contributed by atoms with E-state index in [0.29, 0.717) is 0 Å². The summed E-state index contributed by atoms with van der Waals surface area (Å²) in [5.41, 5.74) is 0.807. The minimum absolute atomic E-state index is 0.0560. The second-order valence-electron chi connectivity index (χ2n) is 7.25. The summed E-state index contributed by atoms with van der Waals surface area (Å²) >= 11 is 0. The number of halogens is 1. The zero-order valence-corrected chi connectivity index (χ0v) is 18.9. The van der Waals surface area contributed by atoms with Crippen molar-refractivity contribution in [3.63, 3.8) is 0 Å². The van der Waals surface area contributed by atoms with Crippen molar-refractivity contribution in [3.05, 3.63) is 71.9 Å². The third-order valence-electron chi connectivity index (χ3n) is 4.97. The molecule has 0 saturated carbocycles. The van der Waals surface area contributed by atoms with Gasteiger partial charge in [-0.1, -0.05) is 18.2 Å². The summed E-state index contributed by atoms with van der Waals surface area (Å²) in [6, 6.07) is 10.6. The monoisotopic (exact) mass is 479 g/mol. The predicted octanol–water partition coefficient (Wildman–Crippen LogP) is 4.51. The molecule has 35 heavy (non-hydrogen) atoms. The summed E-state index contributed by atoms with van der Waals surface area (Å²) in [4.78, 5) is 28.3. The molecule has 10 nitrogen and oxygen atoms in total. The number of methoxy groups -OCH3 is 1. The molecular formula is C24H22FN5O5. The Morgan fingerprint density at radius 1 is 1.11 bits per heavy atom. The van der Waals surface area contributed by atoms with Crippen LogP contribution in [0, 0.1) is 5.82 Å². The van der Waals surface area contributed by atoms with Crippen molar-refractivity contribution in [3.8, 4) is 11.5 Å². The van der Waals surface area contributed by atoms with E-state index < -0.39 is 17.8 Å². The summed E-state index contributed by atoms with van der Waals surface area (Å²) < 4.78 is 30.6. The Morgan fingerprint density at radius 2 is 1.97 bits per heavy atom.